The Balaban J connectivity index is 1.53. The number of hydrogen-bond acceptors (Lipinski definition) is 5. The molecule has 6 nitrogen and oxygen atoms in total. The lowest BCUT2D eigenvalue weighted by atomic mass is 9.90. The number of nitrogens with one attached hydrogen (secondary N) is 1. The maximum absolute atomic E-state index is 12.6. The van der Waals surface area contributed by atoms with Gasteiger partial charge >= 0.3 is 0 Å². The number of hydrogen-bond donors (Lipinski definition) is 1. The lowest BCUT2D eigenvalue weighted by Gasteiger charge is -2.16. The highest BCUT2D eigenvalue weighted by molar-refractivity contribution is 7.14. The number of carbonyl (C=O) groups excluding carboxylic acids is 1. The van der Waals surface area contributed by atoms with Crippen molar-refractivity contribution >= 4 is 22.9 Å². The molecule has 4 rings (SSSR count). The summed E-state index contributed by atoms with van der Waals surface area (Å²) in [5, 5.41) is 14.1. The van der Waals surface area contributed by atoms with E-state index >= 15 is 0 Å². The lowest BCUT2D eigenvalue weighted by molar-refractivity contribution is 0.103. The van der Waals surface area contributed by atoms with Gasteiger partial charge in [0, 0.05) is 10.6 Å². The molecule has 0 radical (unpaired) electrons. The zero-order valence-electron chi connectivity index (χ0n) is 13.3. The maximum atomic E-state index is 12.6. The Morgan fingerprint density at radius 2 is 2.29 bits per heavy atom. The average molecular weight is 339 g/mol. The third-order valence-electron chi connectivity index (χ3n) is 4.27. The van der Waals surface area contributed by atoms with E-state index in [4.69, 9.17) is 0 Å². The molecule has 1 aromatic carbocycles. The van der Waals surface area contributed by atoms with Crippen molar-refractivity contribution in [3.8, 4) is 5.69 Å². The number of thiophene rings is 1. The molecule has 0 aliphatic heterocycles. The van der Waals surface area contributed by atoms with Crippen molar-refractivity contribution in [2.45, 2.75) is 26.2 Å². The highest BCUT2D eigenvalue weighted by Gasteiger charge is 2.20. The Bertz CT molecular complexity index is 871. The van der Waals surface area contributed by atoms with Crippen LogP contribution >= 0.6 is 11.3 Å². The van der Waals surface area contributed by atoms with Crippen LogP contribution in [0.3, 0.4) is 0 Å². The van der Waals surface area contributed by atoms with Crippen LogP contribution in [0, 0.1) is 5.92 Å². The summed E-state index contributed by atoms with van der Waals surface area (Å²) in [6.07, 6.45) is 4.90. The van der Waals surface area contributed by atoms with E-state index in [9.17, 15) is 4.79 Å². The number of benzene rings is 1. The number of rotatable bonds is 3. The second-order valence-electron chi connectivity index (χ2n) is 6.17. The topological polar surface area (TPSA) is 72.7 Å². The molecule has 0 unspecified atom stereocenters. The lowest BCUT2D eigenvalue weighted by Crippen LogP contribution is -2.10. The highest BCUT2D eigenvalue weighted by atomic mass is 32.1. The summed E-state index contributed by atoms with van der Waals surface area (Å²) in [4.78, 5) is 14.7. The Labute approximate surface area is 143 Å². The van der Waals surface area contributed by atoms with Crippen molar-refractivity contribution in [1.82, 2.24) is 20.2 Å². The summed E-state index contributed by atoms with van der Waals surface area (Å²) >= 11 is 1.62. The normalized spacial score (nSPS) is 16.6. The molecule has 0 saturated carbocycles. The number of carbonyl (C=O) groups is 1. The summed E-state index contributed by atoms with van der Waals surface area (Å²) in [6, 6.07) is 9.52. The zero-order chi connectivity index (χ0) is 16.5. The number of anilines is 1. The van der Waals surface area contributed by atoms with Crippen molar-refractivity contribution in [2.75, 3.05) is 5.32 Å². The molecule has 0 bridgehead atoms. The number of fused-ring (bicyclic) bond motifs is 1. The van der Waals surface area contributed by atoms with Gasteiger partial charge in [0.1, 0.15) is 6.33 Å². The molecule has 1 aliphatic rings. The number of tetrazole rings is 1. The van der Waals surface area contributed by atoms with Gasteiger partial charge in [-0.3, -0.25) is 4.79 Å². The summed E-state index contributed by atoms with van der Waals surface area (Å²) in [5.41, 5.74) is 2.87. The van der Waals surface area contributed by atoms with Crippen LogP contribution in [0.25, 0.3) is 5.69 Å². The van der Waals surface area contributed by atoms with Crippen LogP contribution in [-0.2, 0) is 12.8 Å². The first-order valence-electron chi connectivity index (χ1n) is 7.95. The van der Waals surface area contributed by atoms with Crippen LogP contribution < -0.4 is 5.32 Å². The summed E-state index contributed by atoms with van der Waals surface area (Å²) in [6.45, 7) is 2.27. The SMILES string of the molecule is C[C@H]1CCc2sc(C(=O)Nc3cccc(-n4cnnn4)c3)cc2C1. The number of nitrogens with zero attached hydrogens (tertiary/aromatic N) is 4. The van der Waals surface area contributed by atoms with Gasteiger partial charge < -0.3 is 5.32 Å². The van der Waals surface area contributed by atoms with Gasteiger partial charge in [0.2, 0.25) is 0 Å². The molecular formula is C17H17N5OS. The Hall–Kier alpha value is -2.54. The van der Waals surface area contributed by atoms with E-state index in [1.165, 1.54) is 23.2 Å². The van der Waals surface area contributed by atoms with Crippen molar-refractivity contribution in [2.24, 2.45) is 5.92 Å². The van der Waals surface area contributed by atoms with E-state index in [-0.39, 0.29) is 5.91 Å². The first-order chi connectivity index (χ1) is 11.7. The van der Waals surface area contributed by atoms with Crippen molar-refractivity contribution < 1.29 is 4.79 Å². The molecule has 0 fully saturated rings. The van der Waals surface area contributed by atoms with Crippen molar-refractivity contribution in [1.29, 1.82) is 0 Å². The predicted molar refractivity (Wildman–Crippen MR) is 92.6 cm³/mol. The van der Waals surface area contributed by atoms with Gasteiger partial charge in [-0.05, 0) is 65.4 Å². The fourth-order valence-corrected chi connectivity index (χ4v) is 4.12. The van der Waals surface area contributed by atoms with Gasteiger partial charge in [-0.2, -0.15) is 0 Å². The van der Waals surface area contributed by atoms with E-state index in [2.05, 4.69) is 33.8 Å². The van der Waals surface area contributed by atoms with Crippen LogP contribution in [0.5, 0.6) is 0 Å². The molecule has 7 heteroatoms. The molecule has 3 aromatic rings. The molecule has 1 amide bonds. The molecule has 122 valence electrons. The summed E-state index contributed by atoms with van der Waals surface area (Å²) in [7, 11) is 0. The van der Waals surface area contributed by atoms with E-state index in [0.717, 1.165) is 29.1 Å². The minimum absolute atomic E-state index is 0.0593. The van der Waals surface area contributed by atoms with E-state index in [1.54, 1.807) is 16.0 Å². The Morgan fingerprint density at radius 3 is 3.12 bits per heavy atom. The Kier molecular flexibility index (Phi) is 3.86. The number of aryl methyl sites for hydroxylation is 1. The summed E-state index contributed by atoms with van der Waals surface area (Å²) in [5.74, 6) is 0.645. The van der Waals surface area contributed by atoms with E-state index in [1.807, 2.05) is 24.3 Å². The van der Waals surface area contributed by atoms with Gasteiger partial charge in [-0.1, -0.05) is 13.0 Å². The second-order valence-corrected chi connectivity index (χ2v) is 7.30. The molecule has 0 spiro atoms. The number of aromatic nitrogens is 4. The smallest absolute Gasteiger partial charge is 0.265 e. The second kappa shape index (κ2) is 6.16. The number of amides is 1. The average Bonchev–Trinajstić information content (AvgIpc) is 3.24. The van der Waals surface area contributed by atoms with Crippen LogP contribution in [0.1, 0.15) is 33.5 Å². The summed E-state index contributed by atoms with van der Waals surface area (Å²) < 4.78 is 1.56. The van der Waals surface area contributed by atoms with Gasteiger partial charge in [0.05, 0.1) is 10.6 Å². The third kappa shape index (κ3) is 2.94. The Morgan fingerprint density at radius 1 is 1.38 bits per heavy atom. The minimum Gasteiger partial charge on any atom is -0.321 e. The molecule has 2 heterocycles. The molecule has 2 aromatic heterocycles. The third-order valence-corrected chi connectivity index (χ3v) is 5.51. The predicted octanol–water partition coefficient (Wildman–Crippen LogP) is 3.10. The fourth-order valence-electron chi connectivity index (χ4n) is 3.02. The highest BCUT2D eigenvalue weighted by Crippen LogP contribution is 2.32. The van der Waals surface area contributed by atoms with Crippen LogP contribution in [0.2, 0.25) is 0 Å². The molecule has 24 heavy (non-hydrogen) atoms. The largest absolute Gasteiger partial charge is 0.321 e. The molecule has 0 saturated heterocycles. The maximum Gasteiger partial charge on any atom is 0.265 e. The fraction of sp³-hybridized carbons (Fsp3) is 0.294. The molecule has 1 N–H and O–H groups in total. The quantitative estimate of drug-likeness (QED) is 0.796. The molecular weight excluding hydrogens is 322 g/mol. The van der Waals surface area contributed by atoms with Gasteiger partial charge in [-0.25, -0.2) is 4.68 Å². The zero-order valence-corrected chi connectivity index (χ0v) is 14.1. The standard InChI is InChI=1S/C17H17N5OS/c1-11-5-6-15-12(7-11)8-16(24-15)17(23)19-13-3-2-4-14(9-13)22-10-18-20-21-22/h2-4,8-11H,5-7H2,1H3,(H,19,23)/t11-/m0/s1. The van der Waals surface area contributed by atoms with Gasteiger partial charge in [-0.15, -0.1) is 16.4 Å². The molecule has 1 atom stereocenters. The first-order valence-corrected chi connectivity index (χ1v) is 8.77. The van der Waals surface area contributed by atoms with Gasteiger partial charge in [0.15, 0.2) is 0 Å². The molecule has 1 aliphatic carbocycles. The first kappa shape index (κ1) is 15.0. The van der Waals surface area contributed by atoms with E-state index in [0.29, 0.717) is 5.92 Å². The van der Waals surface area contributed by atoms with Crippen molar-refractivity contribution in [3.63, 3.8) is 0 Å². The monoisotopic (exact) mass is 339 g/mol. The minimum atomic E-state index is -0.0593. The van der Waals surface area contributed by atoms with Crippen LogP contribution in [-0.4, -0.2) is 26.1 Å². The van der Waals surface area contributed by atoms with Crippen LogP contribution in [0.4, 0.5) is 5.69 Å². The van der Waals surface area contributed by atoms with Crippen molar-refractivity contribution in [3.05, 3.63) is 52.0 Å². The van der Waals surface area contributed by atoms with E-state index < -0.39 is 0 Å². The van der Waals surface area contributed by atoms with Gasteiger partial charge in [0.25, 0.3) is 5.91 Å². The van der Waals surface area contributed by atoms with Crippen LogP contribution in [0.15, 0.2) is 36.7 Å².